The quantitative estimate of drug-likeness (QED) is 0.548. The van der Waals surface area contributed by atoms with Gasteiger partial charge in [0.05, 0.1) is 16.6 Å². The zero-order valence-corrected chi connectivity index (χ0v) is 17.2. The third kappa shape index (κ3) is 4.98. The van der Waals surface area contributed by atoms with Crippen LogP contribution in [-0.4, -0.2) is 30.3 Å². The van der Waals surface area contributed by atoms with Gasteiger partial charge in [-0.2, -0.15) is 0 Å². The number of rotatable bonds is 8. The molecule has 2 aromatic carbocycles. The summed E-state index contributed by atoms with van der Waals surface area (Å²) in [4.78, 5) is 20.4. The van der Waals surface area contributed by atoms with Crippen LogP contribution in [0.25, 0.3) is 0 Å². The molecule has 1 N–H and O–H groups in total. The number of carbonyl (C=O) groups is 1. The van der Waals surface area contributed by atoms with E-state index in [0.717, 1.165) is 6.20 Å². The lowest BCUT2D eigenvalue weighted by atomic mass is 10.1. The normalized spacial score (nSPS) is 11.3. The molecule has 0 atom stereocenters. The molecular weight excluding hydrogens is 409 g/mol. The second-order valence-corrected chi connectivity index (χ2v) is 8.30. The number of nitrogens with zero attached hydrogens (tertiary/aromatic N) is 2. The molecule has 1 heterocycles. The van der Waals surface area contributed by atoms with Gasteiger partial charge in [0.2, 0.25) is 0 Å². The molecule has 0 saturated carbocycles. The number of nitrogens with one attached hydrogen (secondary N) is 1. The molecule has 0 aliphatic heterocycles. The summed E-state index contributed by atoms with van der Waals surface area (Å²) in [6.07, 6.45) is 1.06. The minimum atomic E-state index is -4.09. The van der Waals surface area contributed by atoms with Crippen molar-refractivity contribution in [3.05, 3.63) is 77.7 Å². The summed E-state index contributed by atoms with van der Waals surface area (Å²) >= 11 is 0. The van der Waals surface area contributed by atoms with E-state index in [4.69, 9.17) is 4.74 Å². The van der Waals surface area contributed by atoms with Gasteiger partial charge in [0.25, 0.3) is 10.0 Å². The average molecular weight is 429 g/mol. The van der Waals surface area contributed by atoms with Gasteiger partial charge in [0, 0.05) is 11.8 Å². The first-order valence-electron chi connectivity index (χ1n) is 9.11. The summed E-state index contributed by atoms with van der Waals surface area (Å²) < 4.78 is 46.5. The Labute approximate surface area is 174 Å². The number of hydrogen-bond donors (Lipinski definition) is 1. The Morgan fingerprint density at radius 3 is 2.37 bits per heavy atom. The van der Waals surface area contributed by atoms with E-state index in [9.17, 15) is 17.6 Å². The summed E-state index contributed by atoms with van der Waals surface area (Å²) in [7, 11) is -4.09. The highest BCUT2D eigenvalue weighted by Gasteiger charge is 2.22. The highest BCUT2D eigenvalue weighted by atomic mass is 32.2. The number of alkyl halides is 1. The molecule has 30 heavy (non-hydrogen) atoms. The number of ketones is 1. The number of aromatic nitrogens is 2. The van der Waals surface area contributed by atoms with Crippen molar-refractivity contribution in [3.8, 4) is 5.75 Å². The van der Waals surface area contributed by atoms with E-state index < -0.39 is 22.5 Å². The van der Waals surface area contributed by atoms with Crippen LogP contribution < -0.4 is 9.46 Å². The largest absolute Gasteiger partial charge is 0.491 e. The summed E-state index contributed by atoms with van der Waals surface area (Å²) in [5.74, 6) is -0.489. The van der Waals surface area contributed by atoms with Crippen molar-refractivity contribution in [1.29, 1.82) is 0 Å². The van der Waals surface area contributed by atoms with Gasteiger partial charge in [-0.15, -0.1) is 0 Å². The smallest absolute Gasteiger partial charge is 0.263 e. The first kappa shape index (κ1) is 21.4. The number of sulfonamides is 1. The highest BCUT2D eigenvalue weighted by Crippen LogP contribution is 2.23. The first-order chi connectivity index (χ1) is 14.3. The maximum absolute atomic E-state index is 13.1. The number of anilines is 1. The number of halogens is 1. The molecular formula is C21H20FN3O4S. The minimum absolute atomic E-state index is 0.0581. The third-order valence-corrected chi connectivity index (χ3v) is 5.33. The fourth-order valence-electron chi connectivity index (χ4n) is 2.63. The number of ether oxygens (including phenoxy) is 1. The lowest BCUT2D eigenvalue weighted by Crippen LogP contribution is -2.18. The van der Waals surface area contributed by atoms with Crippen LogP contribution >= 0.6 is 0 Å². The molecule has 0 amide bonds. The van der Waals surface area contributed by atoms with Gasteiger partial charge >= 0.3 is 0 Å². The van der Waals surface area contributed by atoms with Crippen molar-refractivity contribution in [2.24, 2.45) is 0 Å². The zero-order chi connectivity index (χ0) is 21.7. The van der Waals surface area contributed by atoms with Crippen molar-refractivity contribution in [3.63, 3.8) is 0 Å². The standard InChI is InChI=1S/C21H20FN3O4S/c1-14(2)29-16-8-10-17(11-9-16)30(27,28)25-21-18(13-23-19(12-22)24-21)20(26)15-6-4-3-5-7-15/h3-11,13-14H,12H2,1-2H3,(H,23,24,25). The van der Waals surface area contributed by atoms with E-state index in [-0.39, 0.29) is 28.2 Å². The van der Waals surface area contributed by atoms with E-state index >= 15 is 0 Å². The maximum Gasteiger partial charge on any atom is 0.263 e. The lowest BCUT2D eigenvalue weighted by Gasteiger charge is -2.13. The second-order valence-electron chi connectivity index (χ2n) is 6.62. The summed E-state index contributed by atoms with van der Waals surface area (Å²) in [5, 5.41) is 0. The Morgan fingerprint density at radius 2 is 1.77 bits per heavy atom. The van der Waals surface area contributed by atoms with Gasteiger partial charge in [-0.25, -0.2) is 22.8 Å². The van der Waals surface area contributed by atoms with Crippen molar-refractivity contribution in [1.82, 2.24) is 9.97 Å². The zero-order valence-electron chi connectivity index (χ0n) is 16.4. The minimum Gasteiger partial charge on any atom is -0.491 e. The Bertz CT molecular complexity index is 1130. The second kappa shape index (κ2) is 9.00. The highest BCUT2D eigenvalue weighted by molar-refractivity contribution is 7.92. The van der Waals surface area contributed by atoms with Gasteiger partial charge in [-0.1, -0.05) is 30.3 Å². The Kier molecular flexibility index (Phi) is 6.41. The predicted molar refractivity (Wildman–Crippen MR) is 110 cm³/mol. The van der Waals surface area contributed by atoms with Crippen LogP contribution in [0.2, 0.25) is 0 Å². The summed E-state index contributed by atoms with van der Waals surface area (Å²) in [6.45, 7) is 2.71. The molecule has 0 aliphatic rings. The molecule has 3 aromatic rings. The molecule has 1 aromatic heterocycles. The predicted octanol–water partition coefficient (Wildman–Crippen LogP) is 3.77. The Balaban J connectivity index is 1.95. The third-order valence-electron chi connectivity index (χ3n) is 3.98. The molecule has 0 saturated heterocycles. The van der Waals surface area contributed by atoms with Gasteiger partial charge in [0.1, 0.15) is 12.4 Å². The molecule has 0 radical (unpaired) electrons. The van der Waals surface area contributed by atoms with E-state index in [2.05, 4.69) is 14.7 Å². The molecule has 9 heteroatoms. The molecule has 0 unspecified atom stereocenters. The van der Waals surface area contributed by atoms with Crippen molar-refractivity contribution < 1.29 is 22.3 Å². The molecule has 0 fully saturated rings. The van der Waals surface area contributed by atoms with Crippen LogP contribution in [0.3, 0.4) is 0 Å². The van der Waals surface area contributed by atoms with Gasteiger partial charge in [-0.05, 0) is 38.1 Å². The van der Waals surface area contributed by atoms with Crippen LogP contribution in [0, 0.1) is 0 Å². The summed E-state index contributed by atoms with van der Waals surface area (Å²) in [5.41, 5.74) is 0.242. The topological polar surface area (TPSA) is 98.2 Å². The Morgan fingerprint density at radius 1 is 1.10 bits per heavy atom. The van der Waals surface area contributed by atoms with Crippen molar-refractivity contribution >= 4 is 21.6 Å². The first-order valence-corrected chi connectivity index (χ1v) is 10.6. The molecule has 7 nitrogen and oxygen atoms in total. The van der Waals surface area contributed by atoms with Crippen LogP contribution in [0.1, 0.15) is 35.6 Å². The molecule has 0 bridgehead atoms. The van der Waals surface area contributed by atoms with Crippen LogP contribution in [0.15, 0.2) is 65.7 Å². The molecule has 0 aliphatic carbocycles. The van der Waals surface area contributed by atoms with E-state index in [1.165, 1.54) is 24.3 Å². The Hall–Kier alpha value is -3.33. The monoisotopic (exact) mass is 429 g/mol. The molecule has 3 rings (SSSR count). The van der Waals surface area contributed by atoms with E-state index in [1.807, 2.05) is 13.8 Å². The molecule has 156 valence electrons. The van der Waals surface area contributed by atoms with Crippen LogP contribution in [-0.2, 0) is 16.7 Å². The molecule has 0 spiro atoms. The van der Waals surface area contributed by atoms with Gasteiger partial charge in [-0.3, -0.25) is 9.52 Å². The average Bonchev–Trinajstić information content (AvgIpc) is 2.73. The lowest BCUT2D eigenvalue weighted by molar-refractivity contribution is 0.103. The van der Waals surface area contributed by atoms with E-state index in [0.29, 0.717) is 11.3 Å². The SMILES string of the molecule is CC(C)Oc1ccc(S(=O)(=O)Nc2nc(CF)ncc2C(=O)c2ccccc2)cc1. The number of benzene rings is 2. The summed E-state index contributed by atoms with van der Waals surface area (Å²) in [6, 6.07) is 14.1. The van der Waals surface area contributed by atoms with E-state index in [1.54, 1.807) is 30.3 Å². The van der Waals surface area contributed by atoms with Crippen molar-refractivity contribution in [2.45, 2.75) is 31.5 Å². The van der Waals surface area contributed by atoms with Crippen LogP contribution in [0.4, 0.5) is 10.2 Å². The maximum atomic E-state index is 13.1. The van der Waals surface area contributed by atoms with Crippen LogP contribution in [0.5, 0.6) is 5.75 Å². The fraction of sp³-hybridized carbons (Fsp3) is 0.190. The number of hydrogen-bond acceptors (Lipinski definition) is 6. The number of carbonyl (C=O) groups excluding carboxylic acids is 1. The van der Waals surface area contributed by atoms with Crippen molar-refractivity contribution in [2.75, 3.05) is 4.72 Å². The van der Waals surface area contributed by atoms with Gasteiger partial charge in [0.15, 0.2) is 17.4 Å². The fourth-order valence-corrected chi connectivity index (χ4v) is 3.65. The van der Waals surface area contributed by atoms with Gasteiger partial charge < -0.3 is 4.74 Å².